The fraction of sp³-hybridized carbons (Fsp3) is 0.923. The molecule has 1 fully saturated rings. The van der Waals surface area contributed by atoms with Crippen LogP contribution in [0.15, 0.2) is 0 Å². The number of nitrogens with zero attached hydrogens (tertiary/aromatic N) is 1. The number of halogens is 1. The van der Waals surface area contributed by atoms with Crippen LogP contribution in [0.3, 0.4) is 0 Å². The van der Waals surface area contributed by atoms with Crippen molar-refractivity contribution in [3.63, 3.8) is 0 Å². The van der Waals surface area contributed by atoms with Gasteiger partial charge in [0.1, 0.15) is 0 Å². The van der Waals surface area contributed by atoms with Crippen molar-refractivity contribution in [3.05, 3.63) is 0 Å². The summed E-state index contributed by atoms with van der Waals surface area (Å²) in [7, 11) is 4.54. The van der Waals surface area contributed by atoms with E-state index in [2.05, 4.69) is 21.0 Å². The minimum absolute atomic E-state index is 0. The fourth-order valence-electron chi connectivity index (χ4n) is 3.01. The molecule has 1 heterocycles. The zero-order valence-electron chi connectivity index (χ0n) is 12.4. The SMILES string of the molecule is CCC1C[N+](C)(C)CC1CCC(C)C(=O)[O-].[Cl-].[Na+]. The van der Waals surface area contributed by atoms with Crippen LogP contribution in [-0.4, -0.2) is 37.6 Å². The Hall–Kier alpha value is 0.720. The molecular formula is C13H25ClNNaO2. The minimum Gasteiger partial charge on any atom is -1.00 e. The molecule has 0 aliphatic carbocycles. The summed E-state index contributed by atoms with van der Waals surface area (Å²) in [5.74, 6) is 0.263. The number of aliphatic carboxylic acids is 1. The second kappa shape index (κ2) is 8.80. The van der Waals surface area contributed by atoms with Crippen molar-refractivity contribution in [3.8, 4) is 0 Å². The fourth-order valence-corrected chi connectivity index (χ4v) is 3.01. The van der Waals surface area contributed by atoms with Crippen molar-refractivity contribution in [1.82, 2.24) is 0 Å². The van der Waals surface area contributed by atoms with E-state index in [9.17, 15) is 9.90 Å². The molecule has 0 amide bonds. The van der Waals surface area contributed by atoms with Gasteiger partial charge < -0.3 is 26.8 Å². The molecule has 1 aliphatic rings. The zero-order valence-corrected chi connectivity index (χ0v) is 15.2. The van der Waals surface area contributed by atoms with Gasteiger partial charge in [0.05, 0.1) is 27.2 Å². The summed E-state index contributed by atoms with van der Waals surface area (Å²) in [5.41, 5.74) is 0. The average molecular weight is 286 g/mol. The summed E-state index contributed by atoms with van der Waals surface area (Å²) < 4.78 is 1.09. The second-order valence-electron chi connectivity index (χ2n) is 6.03. The number of likely N-dealkylation sites (tertiary alicyclic amines) is 1. The second-order valence-corrected chi connectivity index (χ2v) is 6.03. The standard InChI is InChI=1S/C13H25NO2.ClH.Na/c1-5-11-8-14(3,4)9-12(11)7-6-10(2)13(15)16;;/h10-12H,5-9H2,1-4H3;1H;/q;;+1/p-1. The van der Waals surface area contributed by atoms with Crippen molar-refractivity contribution < 1.29 is 56.3 Å². The predicted molar refractivity (Wildman–Crippen MR) is 62.5 cm³/mol. The van der Waals surface area contributed by atoms with Crippen LogP contribution < -0.4 is 47.1 Å². The first kappa shape index (κ1) is 21.0. The van der Waals surface area contributed by atoms with E-state index in [1.807, 2.05) is 0 Å². The van der Waals surface area contributed by atoms with E-state index in [4.69, 9.17) is 0 Å². The van der Waals surface area contributed by atoms with E-state index < -0.39 is 5.97 Å². The normalized spacial score (nSPS) is 26.9. The molecule has 1 rings (SSSR count). The molecule has 1 aliphatic heterocycles. The molecule has 3 nitrogen and oxygen atoms in total. The molecule has 0 radical (unpaired) electrons. The minimum atomic E-state index is -0.903. The summed E-state index contributed by atoms with van der Waals surface area (Å²) in [6.45, 7) is 6.43. The average Bonchev–Trinajstić information content (AvgIpc) is 2.49. The maximum Gasteiger partial charge on any atom is 1.00 e. The van der Waals surface area contributed by atoms with Gasteiger partial charge in [-0.2, -0.15) is 0 Å². The summed E-state index contributed by atoms with van der Waals surface area (Å²) in [5, 5.41) is 10.7. The first-order valence-corrected chi connectivity index (χ1v) is 6.38. The van der Waals surface area contributed by atoms with Gasteiger partial charge in [-0.15, -0.1) is 0 Å². The van der Waals surface area contributed by atoms with E-state index in [1.54, 1.807) is 6.92 Å². The van der Waals surface area contributed by atoms with E-state index in [0.29, 0.717) is 5.92 Å². The maximum atomic E-state index is 10.7. The number of carbonyl (C=O) groups is 1. The first-order valence-electron chi connectivity index (χ1n) is 6.38. The Bertz CT molecular complexity index is 261. The molecule has 18 heavy (non-hydrogen) atoms. The molecule has 0 bridgehead atoms. The Morgan fingerprint density at radius 3 is 2.28 bits per heavy atom. The molecule has 3 atom stereocenters. The van der Waals surface area contributed by atoms with Crippen LogP contribution in [0.4, 0.5) is 0 Å². The smallest absolute Gasteiger partial charge is 1.00 e. The monoisotopic (exact) mass is 285 g/mol. The molecule has 0 saturated carbocycles. The van der Waals surface area contributed by atoms with Crippen LogP contribution in [0.2, 0.25) is 0 Å². The number of rotatable bonds is 5. The third kappa shape index (κ3) is 6.25. The van der Waals surface area contributed by atoms with Gasteiger partial charge in [-0.05, 0) is 25.2 Å². The Balaban J connectivity index is 0. The molecule has 3 unspecified atom stereocenters. The summed E-state index contributed by atoms with van der Waals surface area (Å²) in [6.07, 6.45) is 3.02. The molecular weight excluding hydrogens is 261 g/mol. The molecule has 0 aromatic rings. The van der Waals surface area contributed by atoms with Crippen LogP contribution in [-0.2, 0) is 4.79 Å². The molecule has 1 saturated heterocycles. The van der Waals surface area contributed by atoms with Crippen molar-refractivity contribution >= 4 is 5.97 Å². The zero-order chi connectivity index (χ0) is 12.3. The van der Waals surface area contributed by atoms with Gasteiger partial charge in [-0.1, -0.05) is 13.8 Å². The van der Waals surface area contributed by atoms with Crippen LogP contribution in [0.25, 0.3) is 0 Å². The van der Waals surface area contributed by atoms with Crippen molar-refractivity contribution in [2.75, 3.05) is 27.2 Å². The number of carboxylic acid groups (broad SMARTS) is 1. The first-order chi connectivity index (χ1) is 7.35. The van der Waals surface area contributed by atoms with Gasteiger partial charge >= 0.3 is 29.6 Å². The number of carbonyl (C=O) groups excluding carboxylic acids is 1. The van der Waals surface area contributed by atoms with Crippen LogP contribution in [0, 0.1) is 17.8 Å². The van der Waals surface area contributed by atoms with Gasteiger partial charge in [0.2, 0.25) is 0 Å². The third-order valence-electron chi connectivity index (χ3n) is 4.02. The Kier molecular flexibility index (Phi) is 10.3. The van der Waals surface area contributed by atoms with Gasteiger partial charge in [0.15, 0.2) is 0 Å². The number of carboxylic acids is 1. The number of hydrogen-bond donors (Lipinski definition) is 0. The van der Waals surface area contributed by atoms with Gasteiger partial charge in [-0.3, -0.25) is 0 Å². The van der Waals surface area contributed by atoms with Crippen molar-refractivity contribution in [2.24, 2.45) is 17.8 Å². The van der Waals surface area contributed by atoms with E-state index >= 15 is 0 Å². The number of quaternary nitrogens is 1. The third-order valence-corrected chi connectivity index (χ3v) is 4.02. The summed E-state index contributed by atoms with van der Waals surface area (Å²) in [4.78, 5) is 10.7. The Morgan fingerprint density at radius 1 is 1.33 bits per heavy atom. The molecule has 0 aromatic heterocycles. The van der Waals surface area contributed by atoms with Crippen LogP contribution in [0.5, 0.6) is 0 Å². The summed E-state index contributed by atoms with van der Waals surface area (Å²) >= 11 is 0. The topological polar surface area (TPSA) is 40.1 Å². The Labute approximate surface area is 140 Å². The molecule has 5 heteroatoms. The summed E-state index contributed by atoms with van der Waals surface area (Å²) in [6, 6.07) is 0. The predicted octanol–water partition coefficient (Wildman–Crippen LogP) is -5.11. The molecule has 0 aromatic carbocycles. The van der Waals surface area contributed by atoms with Crippen LogP contribution >= 0.6 is 0 Å². The van der Waals surface area contributed by atoms with Gasteiger partial charge in [0, 0.05) is 17.8 Å². The van der Waals surface area contributed by atoms with Gasteiger partial charge in [0.25, 0.3) is 0 Å². The van der Waals surface area contributed by atoms with E-state index in [-0.39, 0.29) is 47.9 Å². The van der Waals surface area contributed by atoms with Gasteiger partial charge in [-0.25, -0.2) is 0 Å². The maximum absolute atomic E-state index is 10.7. The molecule has 0 spiro atoms. The van der Waals surface area contributed by atoms with Crippen molar-refractivity contribution in [1.29, 1.82) is 0 Å². The van der Waals surface area contributed by atoms with E-state index in [0.717, 1.165) is 23.2 Å². The molecule has 0 N–H and O–H groups in total. The Morgan fingerprint density at radius 2 is 1.83 bits per heavy atom. The largest absolute Gasteiger partial charge is 1.00 e. The van der Waals surface area contributed by atoms with Crippen molar-refractivity contribution in [2.45, 2.75) is 33.1 Å². The quantitative estimate of drug-likeness (QED) is 0.375. The number of hydrogen-bond acceptors (Lipinski definition) is 2. The molecule has 102 valence electrons. The van der Waals surface area contributed by atoms with E-state index in [1.165, 1.54) is 19.5 Å². The van der Waals surface area contributed by atoms with Crippen LogP contribution in [0.1, 0.15) is 33.1 Å².